The summed E-state index contributed by atoms with van der Waals surface area (Å²) < 4.78 is 4.79. The highest BCUT2D eigenvalue weighted by Crippen LogP contribution is 2.25. The number of cyclic esters (lactones) is 1. The van der Waals surface area contributed by atoms with Gasteiger partial charge in [0.05, 0.1) is 6.61 Å². The minimum atomic E-state index is -0.156. The number of carbonyl (C=O) groups excluding carboxylic acids is 1. The highest BCUT2D eigenvalue weighted by Gasteiger charge is 2.28. The van der Waals surface area contributed by atoms with Crippen LogP contribution < -0.4 is 0 Å². The van der Waals surface area contributed by atoms with Crippen LogP contribution in [0.3, 0.4) is 0 Å². The lowest BCUT2D eigenvalue weighted by molar-refractivity contribution is -0.137. The number of rotatable bonds is 2. The third-order valence-corrected chi connectivity index (χ3v) is 2.67. The molecule has 12 heavy (non-hydrogen) atoms. The van der Waals surface area contributed by atoms with Gasteiger partial charge in [-0.15, -0.1) is 0 Å². The number of nitrogens with zero attached hydrogens (tertiary/aromatic N) is 2. The van der Waals surface area contributed by atoms with Crippen molar-refractivity contribution < 1.29 is 9.53 Å². The van der Waals surface area contributed by atoms with Crippen molar-refractivity contribution in [2.45, 2.75) is 16.8 Å². The van der Waals surface area contributed by atoms with E-state index in [0.717, 1.165) is 6.42 Å². The molecule has 0 aromatic carbocycles. The monoisotopic (exact) mass is 185 g/mol. The molecule has 1 N–H and O–H groups in total. The Bertz CT molecular complexity index is 274. The number of thioether (sulfide) groups is 1. The van der Waals surface area contributed by atoms with Gasteiger partial charge in [0.15, 0.2) is 5.16 Å². The van der Waals surface area contributed by atoms with Crippen molar-refractivity contribution >= 4 is 17.7 Å². The number of ether oxygens (including phenoxy) is 1. The molecule has 1 aliphatic rings. The van der Waals surface area contributed by atoms with Gasteiger partial charge in [-0.05, 0) is 0 Å². The molecule has 2 heterocycles. The van der Waals surface area contributed by atoms with E-state index in [1.54, 1.807) is 0 Å². The van der Waals surface area contributed by atoms with Crippen molar-refractivity contribution in [2.75, 3.05) is 6.61 Å². The Balaban J connectivity index is 1.99. The Morgan fingerprint density at radius 1 is 1.75 bits per heavy atom. The van der Waals surface area contributed by atoms with Crippen molar-refractivity contribution in [3.8, 4) is 0 Å². The predicted molar refractivity (Wildman–Crippen MR) is 41.6 cm³/mol. The van der Waals surface area contributed by atoms with Gasteiger partial charge >= 0.3 is 5.97 Å². The van der Waals surface area contributed by atoms with Crippen molar-refractivity contribution in [2.24, 2.45) is 0 Å². The smallest absolute Gasteiger partial charge is 0.319 e. The van der Waals surface area contributed by atoms with E-state index in [9.17, 15) is 4.79 Å². The van der Waals surface area contributed by atoms with Crippen LogP contribution >= 0.6 is 11.8 Å². The number of nitrogens with one attached hydrogen (secondary N) is 1. The lowest BCUT2D eigenvalue weighted by Gasteiger charge is -1.99. The van der Waals surface area contributed by atoms with Gasteiger partial charge in [0.1, 0.15) is 11.6 Å². The standard InChI is InChI=1S/C6H7N3O2S/c10-5-4(1-2-11-5)12-6-7-3-8-9-6/h3-4H,1-2H2,(H,7,8,9). The van der Waals surface area contributed by atoms with Gasteiger partial charge in [-0.2, -0.15) is 5.10 Å². The molecule has 0 amide bonds. The molecule has 0 bridgehead atoms. The van der Waals surface area contributed by atoms with E-state index in [1.165, 1.54) is 18.1 Å². The zero-order valence-electron chi connectivity index (χ0n) is 6.19. The minimum Gasteiger partial charge on any atom is -0.465 e. The largest absolute Gasteiger partial charge is 0.465 e. The summed E-state index contributed by atoms with van der Waals surface area (Å²) in [5.41, 5.74) is 0. The van der Waals surface area contributed by atoms with E-state index < -0.39 is 0 Å². The Hall–Kier alpha value is -1.04. The summed E-state index contributed by atoms with van der Waals surface area (Å²) in [5.74, 6) is -0.156. The van der Waals surface area contributed by atoms with Crippen molar-refractivity contribution in [3.05, 3.63) is 6.33 Å². The summed E-state index contributed by atoms with van der Waals surface area (Å²) in [5, 5.41) is 6.91. The van der Waals surface area contributed by atoms with Crippen LogP contribution in [-0.2, 0) is 9.53 Å². The third-order valence-electron chi connectivity index (χ3n) is 1.53. The zero-order valence-corrected chi connectivity index (χ0v) is 7.00. The molecule has 1 saturated heterocycles. The fourth-order valence-corrected chi connectivity index (χ4v) is 1.83. The second-order valence-electron chi connectivity index (χ2n) is 2.35. The molecular formula is C6H7N3O2S. The first kappa shape index (κ1) is 7.60. The first-order valence-electron chi connectivity index (χ1n) is 3.55. The second-order valence-corrected chi connectivity index (χ2v) is 3.54. The van der Waals surface area contributed by atoms with Gasteiger partial charge in [-0.1, -0.05) is 11.8 Å². The summed E-state index contributed by atoms with van der Waals surface area (Å²) >= 11 is 1.36. The molecule has 2 rings (SSSR count). The van der Waals surface area contributed by atoms with Crippen LogP contribution in [0.25, 0.3) is 0 Å². The average molecular weight is 185 g/mol. The highest BCUT2D eigenvalue weighted by atomic mass is 32.2. The van der Waals surface area contributed by atoms with Gasteiger partial charge in [0, 0.05) is 6.42 Å². The second kappa shape index (κ2) is 3.14. The maximum Gasteiger partial charge on any atom is 0.319 e. The number of esters is 1. The van der Waals surface area contributed by atoms with Crippen LogP contribution in [0.2, 0.25) is 0 Å². The minimum absolute atomic E-state index is 0.113. The quantitative estimate of drug-likeness (QED) is 0.667. The SMILES string of the molecule is O=C1OCCC1Sc1ncn[nH]1. The zero-order chi connectivity index (χ0) is 8.39. The lowest BCUT2D eigenvalue weighted by Crippen LogP contribution is -2.09. The third kappa shape index (κ3) is 1.42. The van der Waals surface area contributed by atoms with Crippen LogP contribution in [0.5, 0.6) is 0 Å². The molecule has 1 aromatic rings. The molecule has 1 aromatic heterocycles. The summed E-state index contributed by atoms with van der Waals surface area (Å²) in [6.07, 6.45) is 2.17. The van der Waals surface area contributed by atoms with E-state index in [2.05, 4.69) is 15.2 Å². The molecule has 0 saturated carbocycles. The Labute approximate surface area is 72.9 Å². The number of hydrogen-bond acceptors (Lipinski definition) is 5. The molecule has 0 aliphatic carbocycles. The van der Waals surface area contributed by atoms with Gasteiger partial charge < -0.3 is 4.74 Å². The number of hydrogen-bond donors (Lipinski definition) is 1. The van der Waals surface area contributed by atoms with Crippen molar-refractivity contribution in [3.63, 3.8) is 0 Å². The van der Waals surface area contributed by atoms with Crippen LogP contribution in [0, 0.1) is 0 Å². The van der Waals surface area contributed by atoms with E-state index in [0.29, 0.717) is 11.8 Å². The summed E-state index contributed by atoms with van der Waals surface area (Å²) in [6.45, 7) is 0.518. The Morgan fingerprint density at radius 2 is 2.67 bits per heavy atom. The van der Waals surface area contributed by atoms with Crippen molar-refractivity contribution in [1.82, 2.24) is 15.2 Å². The molecule has 1 unspecified atom stereocenters. The van der Waals surface area contributed by atoms with Crippen LogP contribution in [0.15, 0.2) is 11.5 Å². The molecule has 0 radical (unpaired) electrons. The topological polar surface area (TPSA) is 67.9 Å². The van der Waals surface area contributed by atoms with E-state index in [4.69, 9.17) is 4.74 Å². The number of aromatic nitrogens is 3. The molecule has 1 atom stereocenters. The Kier molecular flexibility index (Phi) is 1.99. The van der Waals surface area contributed by atoms with Crippen molar-refractivity contribution in [1.29, 1.82) is 0 Å². The molecule has 5 nitrogen and oxygen atoms in total. The number of carbonyl (C=O) groups is 1. The maximum atomic E-state index is 11.0. The fourth-order valence-electron chi connectivity index (χ4n) is 0.970. The van der Waals surface area contributed by atoms with E-state index >= 15 is 0 Å². The maximum absolute atomic E-state index is 11.0. The summed E-state index contributed by atoms with van der Waals surface area (Å²) in [4.78, 5) is 14.9. The Morgan fingerprint density at radius 3 is 3.25 bits per heavy atom. The molecule has 1 fully saturated rings. The molecule has 1 aliphatic heterocycles. The van der Waals surface area contributed by atoms with E-state index in [-0.39, 0.29) is 11.2 Å². The summed E-state index contributed by atoms with van der Waals surface area (Å²) in [6, 6.07) is 0. The van der Waals surface area contributed by atoms with Crippen LogP contribution in [0.4, 0.5) is 0 Å². The molecule has 6 heteroatoms. The van der Waals surface area contributed by atoms with Gasteiger partial charge in [-0.25, -0.2) is 4.98 Å². The normalized spacial score (nSPS) is 22.7. The van der Waals surface area contributed by atoms with E-state index in [1.807, 2.05) is 0 Å². The summed E-state index contributed by atoms with van der Waals surface area (Å²) in [7, 11) is 0. The van der Waals surface area contributed by atoms with Gasteiger partial charge in [-0.3, -0.25) is 9.89 Å². The number of H-pyrrole nitrogens is 1. The van der Waals surface area contributed by atoms with Gasteiger partial charge in [0.25, 0.3) is 0 Å². The number of aromatic amines is 1. The molecule has 0 spiro atoms. The van der Waals surface area contributed by atoms with Crippen LogP contribution in [0.1, 0.15) is 6.42 Å². The predicted octanol–water partition coefficient (Wildman–Crippen LogP) is 0.212. The van der Waals surface area contributed by atoms with Gasteiger partial charge in [0.2, 0.25) is 0 Å². The molecule has 64 valence electrons. The first-order valence-corrected chi connectivity index (χ1v) is 4.43. The first-order chi connectivity index (χ1) is 5.86. The highest BCUT2D eigenvalue weighted by molar-refractivity contribution is 8.00. The lowest BCUT2D eigenvalue weighted by atomic mass is 10.4. The van der Waals surface area contributed by atoms with Crippen LogP contribution in [-0.4, -0.2) is 33.0 Å². The average Bonchev–Trinajstić information content (AvgIpc) is 2.65. The fraction of sp³-hybridized carbons (Fsp3) is 0.500. The molecular weight excluding hydrogens is 178 g/mol.